The Bertz CT molecular complexity index is 1670. The summed E-state index contributed by atoms with van der Waals surface area (Å²) in [5, 5.41) is 0. The molecule has 5 heteroatoms. The van der Waals surface area contributed by atoms with E-state index in [2.05, 4.69) is 126 Å². The minimum absolute atomic E-state index is 0.0841. The van der Waals surface area contributed by atoms with Crippen LogP contribution in [0.4, 0.5) is 0 Å². The maximum Gasteiger partial charge on any atom is 0.114 e. The van der Waals surface area contributed by atoms with Crippen LogP contribution in [0.1, 0.15) is 64.1 Å². The van der Waals surface area contributed by atoms with Crippen molar-refractivity contribution in [3.8, 4) is 43.1 Å². The molecule has 41 heavy (non-hydrogen) atoms. The van der Waals surface area contributed by atoms with Crippen molar-refractivity contribution in [3.63, 3.8) is 0 Å². The van der Waals surface area contributed by atoms with Gasteiger partial charge in [0.25, 0.3) is 0 Å². The molecule has 0 aliphatic carbocycles. The fraction of sp³-hybridized carbons (Fsp3) is 0.278. The second kappa shape index (κ2) is 10.9. The maximum absolute atomic E-state index is 4.87. The van der Waals surface area contributed by atoms with Crippen molar-refractivity contribution in [1.29, 1.82) is 0 Å². The molecule has 0 N–H and O–H groups in total. The van der Waals surface area contributed by atoms with Crippen LogP contribution < -0.4 is 0 Å². The second-order valence-corrected chi connectivity index (χ2v) is 14.7. The van der Waals surface area contributed by atoms with Crippen molar-refractivity contribution >= 4 is 45.4 Å². The van der Waals surface area contributed by atoms with E-state index in [4.69, 9.17) is 8.75 Å². The quantitative estimate of drug-likeness (QED) is 0.176. The molecule has 3 heterocycles. The Morgan fingerprint density at radius 2 is 0.927 bits per heavy atom. The highest BCUT2D eigenvalue weighted by Crippen LogP contribution is 2.49. The van der Waals surface area contributed by atoms with E-state index in [9.17, 15) is 0 Å². The molecular formula is C36H36N2S3. The highest BCUT2D eigenvalue weighted by atomic mass is 32.1. The van der Waals surface area contributed by atoms with Gasteiger partial charge in [0.15, 0.2) is 0 Å². The molecule has 2 nitrogen and oxygen atoms in total. The largest absolute Gasteiger partial charge is 0.172 e. The van der Waals surface area contributed by atoms with Gasteiger partial charge >= 0.3 is 0 Å². The molecule has 6 rings (SSSR count). The van der Waals surface area contributed by atoms with E-state index in [1.54, 1.807) is 0 Å². The zero-order valence-corrected chi connectivity index (χ0v) is 27.1. The third-order valence-corrected chi connectivity index (χ3v) is 12.2. The lowest BCUT2D eigenvalue weighted by molar-refractivity contribution is 0.518. The van der Waals surface area contributed by atoms with Crippen molar-refractivity contribution in [2.75, 3.05) is 0 Å². The molecule has 0 amide bonds. The molecule has 6 aromatic rings. The fourth-order valence-corrected chi connectivity index (χ4v) is 8.63. The molecule has 0 radical (unpaired) electrons. The Morgan fingerprint density at radius 1 is 0.537 bits per heavy atom. The normalized spacial score (nSPS) is 12.3. The van der Waals surface area contributed by atoms with E-state index >= 15 is 0 Å². The minimum Gasteiger partial charge on any atom is -0.172 e. The van der Waals surface area contributed by atoms with Gasteiger partial charge in [-0.3, -0.25) is 0 Å². The number of benzene rings is 3. The zero-order valence-electron chi connectivity index (χ0n) is 24.6. The topological polar surface area (TPSA) is 25.8 Å². The van der Waals surface area contributed by atoms with Crippen LogP contribution >= 0.6 is 34.4 Å². The highest BCUT2D eigenvalue weighted by molar-refractivity contribution is 7.16. The van der Waals surface area contributed by atoms with Gasteiger partial charge in [0.1, 0.15) is 11.0 Å². The second-order valence-electron chi connectivity index (χ2n) is 12.0. The number of thiophene rings is 2. The van der Waals surface area contributed by atoms with Gasteiger partial charge in [0, 0.05) is 30.6 Å². The van der Waals surface area contributed by atoms with Crippen molar-refractivity contribution < 1.29 is 0 Å². The van der Waals surface area contributed by atoms with Gasteiger partial charge < -0.3 is 0 Å². The molecule has 3 aromatic heterocycles. The van der Waals surface area contributed by atoms with Crippen LogP contribution in [0.2, 0.25) is 0 Å². The minimum atomic E-state index is 0.0841. The molecule has 0 bridgehead atoms. The summed E-state index contributed by atoms with van der Waals surface area (Å²) in [6, 6.07) is 30.9. The Labute approximate surface area is 256 Å². The van der Waals surface area contributed by atoms with Crippen LogP contribution in [0.5, 0.6) is 0 Å². The summed E-state index contributed by atoms with van der Waals surface area (Å²) in [4.78, 5) is 5.37. The first-order valence-corrected chi connectivity index (χ1v) is 16.8. The summed E-state index contributed by atoms with van der Waals surface area (Å²) < 4.78 is 9.74. The van der Waals surface area contributed by atoms with Crippen LogP contribution in [-0.4, -0.2) is 8.75 Å². The van der Waals surface area contributed by atoms with Crippen LogP contribution in [0.25, 0.3) is 54.2 Å². The molecule has 0 atom stereocenters. The van der Waals surface area contributed by atoms with E-state index in [0.717, 1.165) is 23.9 Å². The van der Waals surface area contributed by atoms with Crippen molar-refractivity contribution in [1.82, 2.24) is 8.75 Å². The van der Waals surface area contributed by atoms with E-state index in [0.29, 0.717) is 0 Å². The Balaban J connectivity index is 1.51. The van der Waals surface area contributed by atoms with Crippen molar-refractivity contribution in [3.05, 3.63) is 94.7 Å². The molecule has 3 aromatic carbocycles. The lowest BCUT2D eigenvalue weighted by atomic mass is 9.84. The standard InChI is InChI=1S/C36H36N2S3/c1-7-35(3,4)33-27(23-15-11-9-12-16-23)21-29(39-33)25-19-20-26(32-31(25)37-41-38-32)30-22-28(24-17-13-10-14-18-24)34(40-30)36(5,6)8-2/h9-22H,7-8H2,1-6H3. The van der Waals surface area contributed by atoms with Gasteiger partial charge in [-0.15, -0.1) is 22.7 Å². The van der Waals surface area contributed by atoms with E-state index in [1.807, 2.05) is 22.7 Å². The Kier molecular flexibility index (Phi) is 7.48. The summed E-state index contributed by atoms with van der Waals surface area (Å²) in [6.45, 7) is 14.0. The summed E-state index contributed by atoms with van der Waals surface area (Å²) >= 11 is 5.13. The molecule has 0 spiro atoms. The van der Waals surface area contributed by atoms with Gasteiger partial charge in [0.05, 0.1) is 11.7 Å². The lowest BCUT2D eigenvalue weighted by Crippen LogP contribution is -2.14. The van der Waals surface area contributed by atoms with Crippen LogP contribution in [0.3, 0.4) is 0 Å². The average Bonchev–Trinajstić information content (AvgIpc) is 3.77. The average molecular weight is 593 g/mol. The fourth-order valence-electron chi connectivity index (χ4n) is 5.30. The number of rotatable bonds is 8. The first kappa shape index (κ1) is 28.0. The zero-order chi connectivity index (χ0) is 28.8. The number of nitrogens with zero attached hydrogens (tertiary/aromatic N) is 2. The number of hydrogen-bond acceptors (Lipinski definition) is 5. The van der Waals surface area contributed by atoms with Gasteiger partial charge in [0.2, 0.25) is 0 Å². The summed E-state index contributed by atoms with van der Waals surface area (Å²) in [7, 11) is 0. The van der Waals surface area contributed by atoms with E-state index in [-0.39, 0.29) is 10.8 Å². The molecule has 0 aliphatic rings. The Hall–Kier alpha value is -3.12. The number of hydrogen-bond donors (Lipinski definition) is 0. The van der Waals surface area contributed by atoms with Gasteiger partial charge in [-0.25, -0.2) is 0 Å². The predicted octanol–water partition coefficient (Wildman–Crippen LogP) is 11.9. The first-order valence-electron chi connectivity index (χ1n) is 14.4. The van der Waals surface area contributed by atoms with Crippen molar-refractivity contribution in [2.45, 2.75) is 65.2 Å². The number of fused-ring (bicyclic) bond motifs is 1. The van der Waals surface area contributed by atoms with E-state index in [1.165, 1.54) is 64.6 Å². The van der Waals surface area contributed by atoms with Crippen molar-refractivity contribution in [2.24, 2.45) is 0 Å². The molecular weight excluding hydrogens is 557 g/mol. The third kappa shape index (κ3) is 5.09. The van der Waals surface area contributed by atoms with E-state index < -0.39 is 0 Å². The molecule has 0 aliphatic heterocycles. The predicted molar refractivity (Wildman–Crippen MR) is 182 cm³/mol. The number of aromatic nitrogens is 2. The monoisotopic (exact) mass is 592 g/mol. The van der Waals surface area contributed by atoms with Gasteiger partial charge in [-0.05, 0) is 58.1 Å². The smallest absolute Gasteiger partial charge is 0.114 e. The molecule has 0 fully saturated rings. The molecule has 208 valence electrons. The first-order chi connectivity index (χ1) is 19.7. The van der Waals surface area contributed by atoms with Gasteiger partial charge in [-0.2, -0.15) is 8.75 Å². The maximum atomic E-state index is 4.87. The third-order valence-electron chi connectivity index (χ3n) is 8.58. The van der Waals surface area contributed by atoms with Crippen LogP contribution in [-0.2, 0) is 10.8 Å². The molecule has 0 saturated heterocycles. The lowest BCUT2D eigenvalue weighted by Gasteiger charge is -2.23. The SMILES string of the molecule is CCC(C)(C)c1sc(-c2ccc(-c3cc(-c4ccccc4)c(C(C)(C)CC)s3)c3nsnc23)cc1-c1ccccc1. The highest BCUT2D eigenvalue weighted by Gasteiger charge is 2.29. The summed E-state index contributed by atoms with van der Waals surface area (Å²) in [5.41, 5.74) is 9.72. The summed E-state index contributed by atoms with van der Waals surface area (Å²) in [6.07, 6.45) is 2.16. The Morgan fingerprint density at radius 3 is 1.29 bits per heavy atom. The van der Waals surface area contributed by atoms with Crippen LogP contribution in [0, 0.1) is 0 Å². The summed E-state index contributed by atoms with van der Waals surface area (Å²) in [5.74, 6) is 0. The molecule has 0 unspecified atom stereocenters. The molecule has 0 saturated carbocycles. The van der Waals surface area contributed by atoms with Crippen LogP contribution in [0.15, 0.2) is 84.9 Å². The van der Waals surface area contributed by atoms with Gasteiger partial charge in [-0.1, -0.05) is 114 Å².